The van der Waals surface area contributed by atoms with E-state index in [9.17, 15) is 13.2 Å². The summed E-state index contributed by atoms with van der Waals surface area (Å²) in [7, 11) is 0. The van der Waals surface area contributed by atoms with E-state index in [1.54, 1.807) is 23.0 Å². The van der Waals surface area contributed by atoms with Gasteiger partial charge >= 0.3 is 6.36 Å². The van der Waals surface area contributed by atoms with E-state index in [4.69, 9.17) is 0 Å². The van der Waals surface area contributed by atoms with Gasteiger partial charge in [-0.15, -0.1) is 13.2 Å². The van der Waals surface area contributed by atoms with Crippen LogP contribution in [-0.4, -0.2) is 27.0 Å². The molecule has 0 saturated heterocycles. The van der Waals surface area contributed by atoms with Gasteiger partial charge in [0, 0.05) is 17.8 Å². The van der Waals surface area contributed by atoms with Crippen molar-refractivity contribution in [1.29, 1.82) is 0 Å². The van der Waals surface area contributed by atoms with Gasteiger partial charge in [-0.05, 0) is 55.4 Å². The smallest absolute Gasteiger partial charge is 0.406 e. The van der Waals surface area contributed by atoms with Crippen LogP contribution in [0.5, 0.6) is 5.75 Å². The molecule has 0 spiro atoms. The summed E-state index contributed by atoms with van der Waals surface area (Å²) in [6, 6.07) is 8.10. The molecule has 8 heteroatoms. The summed E-state index contributed by atoms with van der Waals surface area (Å²) in [6.45, 7) is 2.27. The number of alkyl halides is 3. The molecule has 148 valence electrons. The van der Waals surface area contributed by atoms with Crippen molar-refractivity contribution in [3.05, 3.63) is 42.7 Å². The zero-order valence-electron chi connectivity index (χ0n) is 15.4. The monoisotopic (exact) mass is 390 g/mol. The first-order valence-electron chi connectivity index (χ1n) is 9.34. The Labute approximate surface area is 160 Å². The first-order chi connectivity index (χ1) is 13.4. The molecule has 0 radical (unpaired) electrons. The quantitative estimate of drug-likeness (QED) is 0.658. The third-order valence-electron chi connectivity index (χ3n) is 5.12. The molecule has 1 aromatic carbocycles. The van der Waals surface area contributed by atoms with Gasteiger partial charge in [-0.3, -0.25) is 0 Å². The van der Waals surface area contributed by atoms with Crippen LogP contribution in [-0.2, 0) is 0 Å². The fourth-order valence-electron chi connectivity index (χ4n) is 3.63. The normalized spacial score (nSPS) is 20.3. The highest BCUT2D eigenvalue weighted by molar-refractivity contribution is 5.78. The van der Waals surface area contributed by atoms with Gasteiger partial charge in [-0.25, -0.2) is 9.50 Å². The molecule has 0 unspecified atom stereocenters. The molecule has 0 bridgehead atoms. The summed E-state index contributed by atoms with van der Waals surface area (Å²) in [5.74, 6) is 1.24. The fourth-order valence-corrected chi connectivity index (χ4v) is 3.63. The van der Waals surface area contributed by atoms with Crippen molar-refractivity contribution < 1.29 is 17.9 Å². The lowest BCUT2D eigenvalue weighted by atomic mass is 9.87. The van der Waals surface area contributed by atoms with Crippen molar-refractivity contribution in [2.75, 3.05) is 5.32 Å². The lowest BCUT2D eigenvalue weighted by Gasteiger charge is -2.27. The maximum Gasteiger partial charge on any atom is 0.573 e. The minimum atomic E-state index is -4.73. The van der Waals surface area contributed by atoms with Gasteiger partial charge in [-0.1, -0.05) is 19.1 Å². The number of nitrogens with zero attached hydrogens (tertiary/aromatic N) is 3. The van der Waals surface area contributed by atoms with Gasteiger partial charge in [0.2, 0.25) is 0 Å². The van der Waals surface area contributed by atoms with E-state index < -0.39 is 6.36 Å². The van der Waals surface area contributed by atoms with Gasteiger partial charge in [0.1, 0.15) is 11.6 Å². The molecular weight excluding hydrogens is 369 g/mol. The summed E-state index contributed by atoms with van der Waals surface area (Å²) < 4.78 is 43.2. The molecule has 4 rings (SSSR count). The van der Waals surface area contributed by atoms with E-state index in [2.05, 4.69) is 27.1 Å². The Morgan fingerprint density at radius 3 is 2.68 bits per heavy atom. The summed E-state index contributed by atoms with van der Waals surface area (Å²) in [5.41, 5.74) is 1.79. The van der Waals surface area contributed by atoms with Crippen LogP contribution in [0.3, 0.4) is 0 Å². The first-order valence-corrected chi connectivity index (χ1v) is 9.34. The second kappa shape index (κ2) is 7.33. The van der Waals surface area contributed by atoms with Crippen molar-refractivity contribution in [3.8, 4) is 16.9 Å². The van der Waals surface area contributed by atoms with Gasteiger partial charge < -0.3 is 10.1 Å². The van der Waals surface area contributed by atoms with E-state index >= 15 is 0 Å². The number of anilines is 1. The van der Waals surface area contributed by atoms with Crippen LogP contribution >= 0.6 is 0 Å². The molecule has 28 heavy (non-hydrogen) atoms. The van der Waals surface area contributed by atoms with Crippen LogP contribution in [0, 0.1) is 5.92 Å². The Balaban J connectivity index is 1.61. The zero-order chi connectivity index (χ0) is 19.7. The summed E-state index contributed by atoms with van der Waals surface area (Å²) in [4.78, 5) is 4.66. The number of fused-ring (bicyclic) bond motifs is 1. The minimum Gasteiger partial charge on any atom is -0.406 e. The molecule has 1 fully saturated rings. The largest absolute Gasteiger partial charge is 0.573 e. The number of aromatic nitrogens is 3. The molecule has 1 aliphatic carbocycles. The molecule has 2 heterocycles. The van der Waals surface area contributed by atoms with E-state index in [0.717, 1.165) is 24.6 Å². The molecule has 0 amide bonds. The maximum absolute atomic E-state index is 12.5. The van der Waals surface area contributed by atoms with Crippen molar-refractivity contribution in [2.24, 2.45) is 5.92 Å². The SMILES string of the molecule is CC1CCC(Nc2ccn3ncc(-c4cccc(OC(F)(F)F)c4)c3n2)CC1. The average molecular weight is 390 g/mol. The number of nitrogens with one attached hydrogen (secondary N) is 1. The van der Waals surface area contributed by atoms with E-state index in [-0.39, 0.29) is 5.75 Å². The Kier molecular flexibility index (Phi) is 4.87. The lowest BCUT2D eigenvalue weighted by Crippen LogP contribution is -2.25. The Bertz CT molecular complexity index is 961. The molecular formula is C20H21F3N4O. The average Bonchev–Trinajstić information content (AvgIpc) is 3.06. The second-order valence-corrected chi connectivity index (χ2v) is 7.32. The fraction of sp³-hybridized carbons (Fsp3) is 0.400. The molecule has 1 aliphatic rings. The van der Waals surface area contributed by atoms with E-state index in [0.29, 0.717) is 22.8 Å². The predicted molar refractivity (Wildman–Crippen MR) is 100 cm³/mol. The molecule has 1 saturated carbocycles. The highest BCUT2D eigenvalue weighted by atomic mass is 19.4. The summed E-state index contributed by atoms with van der Waals surface area (Å²) in [6.07, 6.45) is 3.28. The topological polar surface area (TPSA) is 51.5 Å². The molecule has 3 aromatic rings. The standard InChI is InChI=1S/C20H21F3N4O/c1-13-5-7-15(8-6-13)25-18-9-10-27-19(26-18)17(12-24-27)14-3-2-4-16(11-14)28-20(21,22)23/h2-4,9-13,15H,5-8H2,1H3,(H,25,26). The van der Waals surface area contributed by atoms with Gasteiger partial charge in [0.05, 0.1) is 6.20 Å². The molecule has 0 aliphatic heterocycles. The predicted octanol–water partition coefficient (Wildman–Crippen LogP) is 5.29. The number of hydrogen-bond donors (Lipinski definition) is 1. The molecule has 2 aromatic heterocycles. The number of benzene rings is 1. The van der Waals surface area contributed by atoms with Crippen LogP contribution in [0.1, 0.15) is 32.6 Å². The Hall–Kier alpha value is -2.77. The van der Waals surface area contributed by atoms with E-state index in [1.807, 2.05) is 6.07 Å². The van der Waals surface area contributed by atoms with Gasteiger partial charge in [-0.2, -0.15) is 5.10 Å². The van der Waals surface area contributed by atoms with Crippen molar-refractivity contribution in [3.63, 3.8) is 0 Å². The van der Waals surface area contributed by atoms with E-state index in [1.165, 1.54) is 31.0 Å². The number of ether oxygens (including phenoxy) is 1. The minimum absolute atomic E-state index is 0.269. The summed E-state index contributed by atoms with van der Waals surface area (Å²) >= 11 is 0. The van der Waals surface area contributed by atoms with Crippen LogP contribution in [0.25, 0.3) is 16.8 Å². The Morgan fingerprint density at radius 2 is 1.93 bits per heavy atom. The van der Waals surface area contributed by atoms with Crippen LogP contribution in [0.4, 0.5) is 19.0 Å². The van der Waals surface area contributed by atoms with Crippen LogP contribution in [0.15, 0.2) is 42.7 Å². The Morgan fingerprint density at radius 1 is 1.14 bits per heavy atom. The number of rotatable bonds is 4. The third kappa shape index (κ3) is 4.21. The highest BCUT2D eigenvalue weighted by Gasteiger charge is 2.31. The highest BCUT2D eigenvalue weighted by Crippen LogP contribution is 2.30. The van der Waals surface area contributed by atoms with Gasteiger partial charge in [0.15, 0.2) is 5.65 Å². The zero-order valence-corrected chi connectivity index (χ0v) is 15.4. The van der Waals surface area contributed by atoms with Gasteiger partial charge in [0.25, 0.3) is 0 Å². The van der Waals surface area contributed by atoms with Crippen LogP contribution in [0.2, 0.25) is 0 Å². The molecule has 1 N–H and O–H groups in total. The third-order valence-corrected chi connectivity index (χ3v) is 5.12. The lowest BCUT2D eigenvalue weighted by molar-refractivity contribution is -0.274. The van der Waals surface area contributed by atoms with Crippen molar-refractivity contribution >= 4 is 11.5 Å². The van der Waals surface area contributed by atoms with Crippen molar-refractivity contribution in [2.45, 2.75) is 45.0 Å². The first kappa shape index (κ1) is 18.6. The number of halogens is 3. The number of hydrogen-bond acceptors (Lipinski definition) is 4. The second-order valence-electron chi connectivity index (χ2n) is 7.32. The maximum atomic E-state index is 12.5. The van der Waals surface area contributed by atoms with Crippen LogP contribution < -0.4 is 10.1 Å². The molecule has 5 nitrogen and oxygen atoms in total. The summed E-state index contributed by atoms with van der Waals surface area (Å²) in [5, 5.41) is 7.74. The molecule has 0 atom stereocenters. The van der Waals surface area contributed by atoms with Crippen molar-refractivity contribution in [1.82, 2.24) is 14.6 Å².